The van der Waals surface area contributed by atoms with E-state index in [4.69, 9.17) is 18.9 Å². The molecule has 0 bridgehead atoms. The number of morpholine rings is 1. The van der Waals surface area contributed by atoms with E-state index >= 15 is 0 Å². The quantitative estimate of drug-likeness (QED) is 0.634. The van der Waals surface area contributed by atoms with Gasteiger partial charge in [0.15, 0.2) is 16.6 Å². The number of thiazole rings is 1. The molecule has 1 aliphatic heterocycles. The molecule has 0 aliphatic carbocycles. The SMILES string of the molecule is COc1cc(Nc2nc(C(=O)NCCN3CCOCC3)cs2)cc(OC)c1OC. The molecule has 158 valence electrons. The number of aromatic nitrogens is 1. The maximum Gasteiger partial charge on any atom is 0.270 e. The number of hydrogen-bond donors (Lipinski definition) is 2. The van der Waals surface area contributed by atoms with Crippen LogP contribution >= 0.6 is 11.3 Å². The van der Waals surface area contributed by atoms with Crippen molar-refractivity contribution >= 4 is 28.1 Å². The largest absolute Gasteiger partial charge is 0.493 e. The van der Waals surface area contributed by atoms with Crippen molar-refractivity contribution in [1.82, 2.24) is 15.2 Å². The van der Waals surface area contributed by atoms with Gasteiger partial charge in [0.25, 0.3) is 5.91 Å². The molecular formula is C19H26N4O5S. The number of carbonyl (C=O) groups excluding carboxylic acids is 1. The Bertz CT molecular complexity index is 798. The van der Waals surface area contributed by atoms with Gasteiger partial charge in [0.1, 0.15) is 5.69 Å². The summed E-state index contributed by atoms with van der Waals surface area (Å²) in [6, 6.07) is 3.57. The van der Waals surface area contributed by atoms with Crippen LogP contribution in [0.4, 0.5) is 10.8 Å². The lowest BCUT2D eigenvalue weighted by Gasteiger charge is -2.26. The van der Waals surface area contributed by atoms with E-state index < -0.39 is 0 Å². The molecule has 1 aliphatic rings. The number of ether oxygens (including phenoxy) is 4. The van der Waals surface area contributed by atoms with Crippen molar-refractivity contribution in [3.8, 4) is 17.2 Å². The van der Waals surface area contributed by atoms with Crippen LogP contribution in [0.15, 0.2) is 17.5 Å². The molecule has 2 heterocycles. The van der Waals surface area contributed by atoms with Crippen LogP contribution in [0.5, 0.6) is 17.2 Å². The van der Waals surface area contributed by atoms with Crippen LogP contribution in [0.25, 0.3) is 0 Å². The molecule has 1 aromatic heterocycles. The standard InChI is InChI=1S/C19H26N4O5S/c1-25-15-10-13(11-16(26-2)17(15)27-3)21-19-22-14(12-29-19)18(24)20-4-5-23-6-8-28-9-7-23/h10-12H,4-9H2,1-3H3,(H,20,24)(H,21,22). The van der Waals surface area contributed by atoms with Crippen LogP contribution < -0.4 is 24.8 Å². The average molecular weight is 423 g/mol. The number of benzene rings is 1. The summed E-state index contributed by atoms with van der Waals surface area (Å²) in [5.41, 5.74) is 1.10. The molecule has 2 aromatic rings. The highest BCUT2D eigenvalue weighted by Crippen LogP contribution is 2.40. The fraction of sp³-hybridized carbons (Fsp3) is 0.474. The van der Waals surface area contributed by atoms with Gasteiger partial charge < -0.3 is 29.6 Å². The van der Waals surface area contributed by atoms with Crippen molar-refractivity contribution in [2.24, 2.45) is 0 Å². The summed E-state index contributed by atoms with van der Waals surface area (Å²) >= 11 is 1.35. The molecule has 0 saturated carbocycles. The molecule has 9 nitrogen and oxygen atoms in total. The zero-order valence-electron chi connectivity index (χ0n) is 16.8. The second-order valence-electron chi connectivity index (χ2n) is 6.29. The smallest absolute Gasteiger partial charge is 0.270 e. The topological polar surface area (TPSA) is 94.2 Å². The van der Waals surface area contributed by atoms with Crippen molar-refractivity contribution < 1.29 is 23.7 Å². The van der Waals surface area contributed by atoms with Crippen LogP contribution in [0.2, 0.25) is 0 Å². The fourth-order valence-corrected chi connectivity index (χ4v) is 3.67. The van der Waals surface area contributed by atoms with Crippen molar-refractivity contribution in [3.05, 3.63) is 23.2 Å². The van der Waals surface area contributed by atoms with Crippen LogP contribution in [0.1, 0.15) is 10.5 Å². The highest BCUT2D eigenvalue weighted by molar-refractivity contribution is 7.14. The third-order valence-electron chi connectivity index (χ3n) is 4.47. The number of amides is 1. The maximum atomic E-state index is 12.3. The van der Waals surface area contributed by atoms with Gasteiger partial charge in [-0.05, 0) is 0 Å². The molecule has 1 aromatic carbocycles. The Balaban J connectivity index is 1.59. The van der Waals surface area contributed by atoms with Gasteiger partial charge in [-0.15, -0.1) is 11.3 Å². The van der Waals surface area contributed by atoms with E-state index in [0.29, 0.717) is 40.3 Å². The van der Waals surface area contributed by atoms with Crippen LogP contribution in [0, 0.1) is 0 Å². The van der Waals surface area contributed by atoms with Gasteiger partial charge in [-0.25, -0.2) is 4.98 Å². The Labute approximate surface area is 173 Å². The predicted octanol–water partition coefficient (Wildman–Crippen LogP) is 1.97. The first-order valence-electron chi connectivity index (χ1n) is 9.25. The summed E-state index contributed by atoms with van der Waals surface area (Å²) in [7, 11) is 4.67. The summed E-state index contributed by atoms with van der Waals surface area (Å²) in [6.07, 6.45) is 0. The minimum Gasteiger partial charge on any atom is -0.493 e. The van der Waals surface area contributed by atoms with Gasteiger partial charge in [0.05, 0.1) is 34.5 Å². The van der Waals surface area contributed by atoms with Crippen LogP contribution in [-0.4, -0.2) is 76.5 Å². The molecular weight excluding hydrogens is 396 g/mol. The number of hydrogen-bond acceptors (Lipinski definition) is 9. The average Bonchev–Trinajstić information content (AvgIpc) is 3.22. The number of rotatable bonds is 9. The maximum absolute atomic E-state index is 12.3. The summed E-state index contributed by atoms with van der Waals surface area (Å²) in [4.78, 5) is 19.0. The summed E-state index contributed by atoms with van der Waals surface area (Å²) in [5.74, 6) is 1.39. The highest BCUT2D eigenvalue weighted by Gasteiger charge is 2.16. The van der Waals surface area contributed by atoms with Gasteiger partial charge in [-0.2, -0.15) is 0 Å². The van der Waals surface area contributed by atoms with Gasteiger partial charge in [0, 0.05) is 49.4 Å². The van der Waals surface area contributed by atoms with Crippen molar-refractivity contribution in [1.29, 1.82) is 0 Å². The number of methoxy groups -OCH3 is 3. The zero-order valence-corrected chi connectivity index (χ0v) is 17.6. The van der Waals surface area contributed by atoms with E-state index in [1.807, 2.05) is 0 Å². The Kier molecular flexibility index (Phi) is 7.50. The lowest BCUT2D eigenvalue weighted by Crippen LogP contribution is -2.41. The van der Waals surface area contributed by atoms with E-state index in [9.17, 15) is 4.79 Å². The summed E-state index contributed by atoms with van der Waals surface area (Å²) in [5, 5.41) is 8.41. The van der Waals surface area contributed by atoms with Crippen LogP contribution in [0.3, 0.4) is 0 Å². The summed E-state index contributed by atoms with van der Waals surface area (Å²) < 4.78 is 21.4. The lowest BCUT2D eigenvalue weighted by molar-refractivity contribution is 0.0383. The lowest BCUT2D eigenvalue weighted by atomic mass is 10.2. The van der Waals surface area contributed by atoms with Crippen LogP contribution in [-0.2, 0) is 4.74 Å². The van der Waals surface area contributed by atoms with E-state index in [2.05, 4.69) is 20.5 Å². The first-order chi connectivity index (χ1) is 14.1. The minimum atomic E-state index is -0.188. The highest BCUT2D eigenvalue weighted by atomic mass is 32.1. The molecule has 2 N–H and O–H groups in total. The molecule has 1 amide bonds. The Morgan fingerprint density at radius 3 is 2.48 bits per heavy atom. The molecule has 10 heteroatoms. The third kappa shape index (κ3) is 5.49. The monoisotopic (exact) mass is 422 g/mol. The number of carbonyl (C=O) groups is 1. The molecule has 29 heavy (non-hydrogen) atoms. The second kappa shape index (κ2) is 10.3. The normalized spacial score (nSPS) is 14.3. The first kappa shape index (κ1) is 21.2. The number of anilines is 2. The fourth-order valence-electron chi connectivity index (χ4n) is 2.96. The van der Waals surface area contributed by atoms with E-state index in [-0.39, 0.29) is 5.91 Å². The van der Waals surface area contributed by atoms with Gasteiger partial charge in [0.2, 0.25) is 5.75 Å². The Morgan fingerprint density at radius 1 is 1.17 bits per heavy atom. The number of nitrogens with zero attached hydrogens (tertiary/aromatic N) is 2. The molecule has 1 fully saturated rings. The van der Waals surface area contributed by atoms with Crippen molar-refractivity contribution in [2.45, 2.75) is 0 Å². The molecule has 0 unspecified atom stereocenters. The van der Waals surface area contributed by atoms with E-state index in [1.165, 1.54) is 11.3 Å². The zero-order chi connectivity index (χ0) is 20.6. The third-order valence-corrected chi connectivity index (χ3v) is 5.23. The minimum absolute atomic E-state index is 0.188. The Morgan fingerprint density at radius 2 is 1.86 bits per heavy atom. The molecule has 3 rings (SSSR count). The molecule has 0 radical (unpaired) electrons. The Hall–Kier alpha value is -2.56. The molecule has 0 atom stereocenters. The van der Waals surface area contributed by atoms with Gasteiger partial charge in [-0.1, -0.05) is 0 Å². The summed E-state index contributed by atoms with van der Waals surface area (Å²) in [6.45, 7) is 4.67. The van der Waals surface area contributed by atoms with Crippen molar-refractivity contribution in [3.63, 3.8) is 0 Å². The number of nitrogens with one attached hydrogen (secondary N) is 2. The van der Waals surface area contributed by atoms with E-state index in [0.717, 1.165) is 32.8 Å². The van der Waals surface area contributed by atoms with Crippen molar-refractivity contribution in [2.75, 3.05) is 66.0 Å². The van der Waals surface area contributed by atoms with Gasteiger partial charge >= 0.3 is 0 Å². The second-order valence-corrected chi connectivity index (χ2v) is 7.14. The first-order valence-corrected chi connectivity index (χ1v) is 10.1. The molecule has 0 spiro atoms. The van der Waals surface area contributed by atoms with Gasteiger partial charge in [-0.3, -0.25) is 9.69 Å². The van der Waals surface area contributed by atoms with E-state index in [1.54, 1.807) is 38.8 Å². The predicted molar refractivity (Wildman–Crippen MR) is 111 cm³/mol. The molecule has 1 saturated heterocycles.